The number of phenols is 1. The Morgan fingerprint density at radius 1 is 1.14 bits per heavy atom. The average Bonchev–Trinajstić information content (AvgIpc) is 2.89. The second-order valence-corrected chi connectivity index (χ2v) is 6.57. The Kier molecular flexibility index (Phi) is 5.44. The SMILES string of the molecule is COc1c(O)cc2c(c1OC)-c1ccc(OC)c(=O)cc1C([15NH]C(C)=O)[14CH2]C2. The third-order valence-electron chi connectivity index (χ3n) is 4.89. The highest BCUT2D eigenvalue weighted by molar-refractivity contribution is 5.83. The molecule has 2 N–H and O–H groups in total. The summed E-state index contributed by atoms with van der Waals surface area (Å²) in [4.78, 5) is 24.3. The van der Waals surface area contributed by atoms with Crippen molar-refractivity contribution in [3.63, 3.8) is 0 Å². The van der Waals surface area contributed by atoms with Crippen molar-refractivity contribution in [1.29, 1.82) is 0 Å². The lowest BCUT2D eigenvalue weighted by Gasteiger charge is -2.18. The van der Waals surface area contributed by atoms with E-state index in [1.165, 1.54) is 34.3 Å². The number of phenolic OH excluding ortho intramolecular Hbond substituents is 1. The number of nitrogens with one attached hydrogen (secondary N) is 1. The molecule has 7 heteroatoms. The molecule has 0 saturated heterocycles. The fourth-order valence-electron chi connectivity index (χ4n) is 3.73. The highest BCUT2D eigenvalue weighted by Crippen LogP contribution is 2.49. The molecule has 0 aromatic heterocycles. The van der Waals surface area contributed by atoms with Crippen LogP contribution in [0.4, 0.5) is 0 Å². The molecule has 0 aliphatic heterocycles. The van der Waals surface area contributed by atoms with Gasteiger partial charge >= 0.3 is 0 Å². The van der Waals surface area contributed by atoms with Crippen molar-refractivity contribution in [1.82, 2.24) is 5.32 Å². The number of aromatic hydroxyl groups is 1. The van der Waals surface area contributed by atoms with Gasteiger partial charge in [-0.05, 0) is 47.7 Å². The number of carbonyl (C=O) groups is 1. The summed E-state index contributed by atoms with van der Waals surface area (Å²) in [5.41, 5.74) is 2.64. The highest BCUT2D eigenvalue weighted by atomic mass is 16.5. The predicted molar refractivity (Wildman–Crippen MR) is 104 cm³/mol. The van der Waals surface area contributed by atoms with Crippen LogP contribution in [-0.2, 0) is 11.2 Å². The quantitative estimate of drug-likeness (QED) is 0.782. The van der Waals surface area contributed by atoms with E-state index in [1.54, 1.807) is 18.2 Å². The first kappa shape index (κ1) is 19.5. The van der Waals surface area contributed by atoms with Crippen LogP contribution in [0.2, 0.25) is 0 Å². The molecule has 28 heavy (non-hydrogen) atoms. The number of carbonyl (C=O) groups excluding carboxylic acids is 1. The summed E-state index contributed by atoms with van der Waals surface area (Å²) < 4.78 is 16.1. The van der Waals surface area contributed by atoms with Crippen LogP contribution in [0.5, 0.6) is 23.0 Å². The topological polar surface area (TPSA) is 94.1 Å². The van der Waals surface area contributed by atoms with E-state index >= 15 is 0 Å². The van der Waals surface area contributed by atoms with E-state index in [4.69, 9.17) is 14.2 Å². The number of fused-ring (bicyclic) bond motifs is 3. The molecule has 148 valence electrons. The molecule has 1 aliphatic rings. The van der Waals surface area contributed by atoms with Crippen molar-refractivity contribution in [2.45, 2.75) is 25.8 Å². The van der Waals surface area contributed by atoms with Crippen LogP contribution in [-0.4, -0.2) is 32.3 Å². The van der Waals surface area contributed by atoms with Gasteiger partial charge < -0.3 is 24.6 Å². The van der Waals surface area contributed by atoms with Crippen LogP contribution in [0.25, 0.3) is 11.1 Å². The van der Waals surface area contributed by atoms with Crippen LogP contribution in [0.3, 0.4) is 0 Å². The molecule has 2 aromatic carbocycles. The van der Waals surface area contributed by atoms with E-state index < -0.39 is 0 Å². The van der Waals surface area contributed by atoms with Crippen molar-refractivity contribution in [3.05, 3.63) is 45.6 Å². The van der Waals surface area contributed by atoms with Crippen LogP contribution in [0, 0.1) is 0 Å². The van der Waals surface area contributed by atoms with Gasteiger partial charge in [0.2, 0.25) is 17.1 Å². The van der Waals surface area contributed by atoms with E-state index in [0.29, 0.717) is 29.7 Å². The molecule has 1 aliphatic carbocycles. The monoisotopic (exact) mass is 388 g/mol. The summed E-state index contributed by atoms with van der Waals surface area (Å²) >= 11 is 0. The number of rotatable bonds is 4. The molecular weight excluding hydrogens is 365 g/mol. The molecule has 1 amide bonds. The summed E-state index contributed by atoms with van der Waals surface area (Å²) in [6.07, 6.45) is 1.12. The Labute approximate surface area is 162 Å². The largest absolute Gasteiger partial charge is 0.504 e. The van der Waals surface area contributed by atoms with E-state index in [9.17, 15) is 14.7 Å². The van der Waals surface area contributed by atoms with Gasteiger partial charge in [-0.15, -0.1) is 0 Å². The van der Waals surface area contributed by atoms with Crippen LogP contribution < -0.4 is 25.0 Å². The first-order chi connectivity index (χ1) is 13.4. The van der Waals surface area contributed by atoms with Gasteiger partial charge in [-0.2, -0.15) is 0 Å². The first-order valence-corrected chi connectivity index (χ1v) is 8.87. The summed E-state index contributed by atoms with van der Waals surface area (Å²) in [6, 6.07) is 6.12. The van der Waals surface area contributed by atoms with E-state index in [0.717, 1.165) is 11.1 Å². The number of ether oxygens (including phenoxy) is 3. The lowest BCUT2D eigenvalue weighted by atomic mass is 9.96. The summed E-state index contributed by atoms with van der Waals surface area (Å²) in [6.45, 7) is 1.44. The van der Waals surface area contributed by atoms with Gasteiger partial charge in [0.25, 0.3) is 0 Å². The smallest absolute Gasteiger partial charge is 0.220 e. The molecule has 0 bridgehead atoms. The Morgan fingerprint density at radius 2 is 1.86 bits per heavy atom. The molecule has 0 radical (unpaired) electrons. The first-order valence-electron chi connectivity index (χ1n) is 8.87. The fraction of sp³-hybridized carbons (Fsp3) is 0.333. The zero-order valence-electron chi connectivity index (χ0n) is 16.3. The number of hydrogen-bond donors (Lipinski definition) is 2. The summed E-state index contributed by atoms with van der Waals surface area (Å²) in [5.74, 6) is 0.562. The van der Waals surface area contributed by atoms with Crippen molar-refractivity contribution >= 4 is 5.91 Å². The Balaban J connectivity index is 2.41. The maximum Gasteiger partial charge on any atom is 0.220 e. The zero-order valence-corrected chi connectivity index (χ0v) is 16.3. The Bertz CT molecular complexity index is 985. The normalized spacial score (nSPS) is 14.9. The minimum Gasteiger partial charge on any atom is -0.504 e. The summed E-state index contributed by atoms with van der Waals surface area (Å²) in [5, 5.41) is 13.3. The van der Waals surface area contributed by atoms with Crippen LogP contribution in [0.1, 0.15) is 30.5 Å². The van der Waals surface area contributed by atoms with Crippen molar-refractivity contribution < 1.29 is 24.1 Å². The van der Waals surface area contributed by atoms with Crippen LogP contribution in [0.15, 0.2) is 29.1 Å². The van der Waals surface area contributed by atoms with Gasteiger partial charge in [0.05, 0.1) is 27.4 Å². The summed E-state index contributed by atoms with van der Waals surface area (Å²) in [7, 11) is 4.38. The zero-order chi connectivity index (χ0) is 20.4. The van der Waals surface area contributed by atoms with Gasteiger partial charge in [-0.3, -0.25) is 9.59 Å². The molecule has 2 aromatic rings. The molecule has 7 nitrogen and oxygen atoms in total. The van der Waals surface area contributed by atoms with Crippen molar-refractivity contribution in [2.24, 2.45) is 0 Å². The maximum atomic E-state index is 12.6. The second-order valence-electron chi connectivity index (χ2n) is 6.57. The number of amides is 1. The third-order valence-corrected chi connectivity index (χ3v) is 4.89. The van der Waals surface area contributed by atoms with Gasteiger partial charge in [-0.1, -0.05) is 6.07 Å². The number of hydrogen-bond acceptors (Lipinski definition) is 6. The van der Waals surface area contributed by atoms with Gasteiger partial charge in [0, 0.05) is 12.5 Å². The molecule has 1 unspecified atom stereocenters. The standard InChI is InChI=1S/C21H23NO6/c1-11(23)22-15-7-5-12-9-17(25)20(27-3)21(28-4)19(12)13-6-8-18(26-2)16(24)10-14(13)15/h6,8-10,15,25H,5,7H2,1-4H3,(H,22,23)/i7+2,22+1. The molecule has 1 atom stereocenters. The van der Waals surface area contributed by atoms with Gasteiger partial charge in [-0.25, -0.2) is 0 Å². The van der Waals surface area contributed by atoms with E-state index in [1.807, 2.05) is 0 Å². The fourth-order valence-corrected chi connectivity index (χ4v) is 3.73. The lowest BCUT2D eigenvalue weighted by molar-refractivity contribution is -0.119. The van der Waals surface area contributed by atoms with Gasteiger partial charge in [0.15, 0.2) is 17.2 Å². The predicted octanol–water partition coefficient (Wildman–Crippen LogP) is 2.57. The van der Waals surface area contributed by atoms with E-state index in [2.05, 4.69) is 5.32 Å². The highest BCUT2D eigenvalue weighted by Gasteiger charge is 2.29. The number of methoxy groups -OCH3 is 3. The molecular formula is C21H23NO6. The molecule has 0 fully saturated rings. The van der Waals surface area contributed by atoms with Crippen molar-refractivity contribution in [3.8, 4) is 34.1 Å². The minimum atomic E-state index is -0.373. The molecule has 3 rings (SSSR count). The number of benzene rings is 1. The molecule has 0 saturated carbocycles. The lowest BCUT2D eigenvalue weighted by Crippen LogP contribution is -2.26. The van der Waals surface area contributed by atoms with Gasteiger partial charge in [0.1, 0.15) is 0 Å². The molecule has 0 spiro atoms. The van der Waals surface area contributed by atoms with E-state index in [-0.39, 0.29) is 34.6 Å². The Morgan fingerprint density at radius 3 is 2.46 bits per heavy atom. The average molecular weight is 388 g/mol. The van der Waals surface area contributed by atoms with Crippen LogP contribution >= 0.6 is 0 Å². The maximum absolute atomic E-state index is 12.6. The second kappa shape index (κ2) is 7.80. The Hall–Kier alpha value is -3.22. The third kappa shape index (κ3) is 3.35. The molecule has 0 heterocycles. The van der Waals surface area contributed by atoms with Crippen molar-refractivity contribution in [2.75, 3.05) is 21.3 Å². The number of aryl methyl sites for hydroxylation is 1. The minimum absolute atomic E-state index is 0.0278.